The number of alkyl halides is 3. The normalized spacial score (nSPS) is 17.2. The number of carbonyl (C=O) groups excluding carboxylic acids is 2. The van der Waals surface area contributed by atoms with Crippen molar-refractivity contribution in [2.24, 2.45) is 0 Å². The molecule has 15 heteroatoms. The summed E-state index contributed by atoms with van der Waals surface area (Å²) < 4.78 is 52.1. The van der Waals surface area contributed by atoms with Gasteiger partial charge in [-0.15, -0.1) is 0 Å². The zero-order chi connectivity index (χ0) is 38.0. The molecule has 0 saturated carbocycles. The number of methoxy groups -OCH3 is 1. The Kier molecular flexibility index (Phi) is 10.7. The Labute approximate surface area is 313 Å². The molecule has 3 aromatic heterocycles. The van der Waals surface area contributed by atoms with Crippen LogP contribution in [0.15, 0.2) is 77.9 Å². The number of hydrogen-bond donors (Lipinski definition) is 4. The van der Waals surface area contributed by atoms with Gasteiger partial charge in [0.25, 0.3) is 5.56 Å². The number of pyridine rings is 2. The molecule has 2 atom stereocenters. The van der Waals surface area contributed by atoms with E-state index >= 15 is 13.2 Å². The van der Waals surface area contributed by atoms with Gasteiger partial charge in [-0.25, -0.2) is 9.97 Å². The number of fused-ring (bicyclic) bond motifs is 1. The molecule has 2 saturated heterocycles. The van der Waals surface area contributed by atoms with Crippen molar-refractivity contribution in [2.45, 2.75) is 57.0 Å². The van der Waals surface area contributed by atoms with Gasteiger partial charge in [-0.1, -0.05) is 54.1 Å². The van der Waals surface area contributed by atoms with Crippen molar-refractivity contribution >= 4 is 29.1 Å². The Morgan fingerprint density at radius 2 is 1.48 bits per heavy atom. The molecule has 11 nitrogen and oxygen atoms in total. The number of rotatable bonds is 12. The summed E-state index contributed by atoms with van der Waals surface area (Å²) in [6.45, 7) is 1.73. The van der Waals surface area contributed by atoms with E-state index < -0.39 is 11.7 Å². The van der Waals surface area contributed by atoms with Crippen molar-refractivity contribution < 1.29 is 27.5 Å². The summed E-state index contributed by atoms with van der Waals surface area (Å²) in [6, 6.07) is 15.7. The molecule has 0 bridgehead atoms. The number of nitrogens with one attached hydrogen (secondary N) is 4. The highest BCUT2D eigenvalue weighted by Crippen LogP contribution is 2.46. The van der Waals surface area contributed by atoms with Crippen LogP contribution in [0.2, 0.25) is 5.02 Å². The van der Waals surface area contributed by atoms with Crippen molar-refractivity contribution in [1.82, 2.24) is 35.6 Å². The van der Waals surface area contributed by atoms with E-state index in [1.54, 1.807) is 18.2 Å². The molecule has 54 heavy (non-hydrogen) atoms. The molecule has 2 aliphatic heterocycles. The van der Waals surface area contributed by atoms with Crippen molar-refractivity contribution in [3.63, 3.8) is 0 Å². The number of ether oxygens (including phenoxy) is 1. The summed E-state index contributed by atoms with van der Waals surface area (Å²) in [5.41, 5.74) is 1.10. The lowest BCUT2D eigenvalue weighted by Gasteiger charge is -2.20. The van der Waals surface area contributed by atoms with E-state index in [2.05, 4.69) is 31.2 Å². The van der Waals surface area contributed by atoms with Crippen LogP contribution in [-0.4, -0.2) is 58.5 Å². The molecule has 2 amide bonds. The first-order chi connectivity index (χ1) is 26.0. The molecule has 0 aliphatic carbocycles. The molecule has 2 unspecified atom stereocenters. The van der Waals surface area contributed by atoms with Crippen LogP contribution in [0, 0.1) is 0 Å². The van der Waals surface area contributed by atoms with Crippen molar-refractivity contribution in [3.8, 4) is 39.4 Å². The van der Waals surface area contributed by atoms with Gasteiger partial charge in [-0.2, -0.15) is 13.2 Å². The van der Waals surface area contributed by atoms with Gasteiger partial charge in [0.05, 0.1) is 23.4 Å². The topological polar surface area (TPSA) is 139 Å². The fourth-order valence-electron chi connectivity index (χ4n) is 7.02. The van der Waals surface area contributed by atoms with Crippen LogP contribution >= 0.6 is 11.6 Å². The van der Waals surface area contributed by atoms with E-state index in [0.29, 0.717) is 61.6 Å². The number of amides is 2. The zero-order valence-electron chi connectivity index (χ0n) is 29.2. The quantitative estimate of drug-likeness (QED) is 0.131. The molecule has 280 valence electrons. The van der Waals surface area contributed by atoms with Crippen molar-refractivity contribution in [1.29, 1.82) is 0 Å². The second-order valence-electron chi connectivity index (χ2n) is 13.4. The smallest absolute Gasteiger partial charge is 0.417 e. The van der Waals surface area contributed by atoms with E-state index in [-0.39, 0.29) is 68.9 Å². The molecule has 2 aromatic carbocycles. The maximum atomic E-state index is 15.1. The fraction of sp³-hybridized carbons (Fsp3) is 0.308. The average molecular weight is 760 g/mol. The van der Waals surface area contributed by atoms with Crippen LogP contribution in [0.25, 0.3) is 39.2 Å². The lowest BCUT2D eigenvalue weighted by Crippen LogP contribution is -2.36. The van der Waals surface area contributed by atoms with Gasteiger partial charge in [0.1, 0.15) is 5.65 Å². The van der Waals surface area contributed by atoms with Crippen LogP contribution in [0.5, 0.6) is 5.88 Å². The van der Waals surface area contributed by atoms with Crippen LogP contribution in [0.3, 0.4) is 0 Å². The molecule has 4 N–H and O–H groups in total. The Morgan fingerprint density at radius 3 is 2.11 bits per heavy atom. The van der Waals surface area contributed by atoms with Crippen LogP contribution in [-0.2, 0) is 28.9 Å². The number of nitrogens with zero attached hydrogens (tertiary/aromatic N) is 3. The molecule has 5 aromatic rings. The second kappa shape index (κ2) is 15.6. The van der Waals surface area contributed by atoms with Crippen LogP contribution in [0.4, 0.5) is 13.2 Å². The predicted octanol–water partition coefficient (Wildman–Crippen LogP) is 5.51. The van der Waals surface area contributed by atoms with Gasteiger partial charge in [-0.05, 0) is 47.7 Å². The number of halogens is 4. The Balaban J connectivity index is 1.17. The minimum Gasteiger partial charge on any atom is -0.481 e. The van der Waals surface area contributed by atoms with Gasteiger partial charge < -0.3 is 26.0 Å². The Morgan fingerprint density at radius 1 is 0.852 bits per heavy atom. The summed E-state index contributed by atoms with van der Waals surface area (Å²) in [5.74, 6) is 0.371. The first-order valence-corrected chi connectivity index (χ1v) is 17.9. The van der Waals surface area contributed by atoms with E-state index in [1.165, 1.54) is 60.3 Å². The highest BCUT2D eigenvalue weighted by molar-refractivity contribution is 6.36. The minimum absolute atomic E-state index is 0.000793. The van der Waals surface area contributed by atoms with Gasteiger partial charge in [0.2, 0.25) is 17.7 Å². The minimum atomic E-state index is -4.78. The molecule has 7 rings (SSSR count). The third-order valence-electron chi connectivity index (χ3n) is 9.72. The first-order valence-electron chi connectivity index (χ1n) is 17.5. The van der Waals surface area contributed by atoms with E-state index in [0.717, 1.165) is 12.0 Å². The Hall–Kier alpha value is -5.31. The standard InChI is InChI=1S/C39H37ClF3N7O4/c1-54-37-23(17-44-20-25-9-12-33(51)47-25)8-11-31(49-37)30-7-3-6-29(36(30)40)28-5-2-4-27(35(28)39(41,42)43)22-14-15-50-32(16-22)46-19-24(38(50)53)18-45-21-26-10-13-34(52)48-26/h2-8,11,14-16,19,25-26,44-45H,9-10,12-13,17-18,20-21H2,1H3,(H,47,51)(H,48,52). The van der Waals surface area contributed by atoms with Crippen molar-refractivity contribution in [3.05, 3.63) is 105 Å². The lowest BCUT2D eigenvalue weighted by molar-refractivity contribution is -0.136. The van der Waals surface area contributed by atoms with Crippen LogP contribution in [0.1, 0.15) is 42.4 Å². The van der Waals surface area contributed by atoms with Gasteiger partial charge >= 0.3 is 6.18 Å². The third kappa shape index (κ3) is 7.81. The highest BCUT2D eigenvalue weighted by Gasteiger charge is 2.37. The second-order valence-corrected chi connectivity index (χ2v) is 13.7. The molecule has 2 aliphatic rings. The monoisotopic (exact) mass is 759 g/mol. The maximum Gasteiger partial charge on any atom is 0.417 e. The SMILES string of the molecule is COc1nc(-c2cccc(-c3cccc(-c4ccn5c(=O)c(CNCC6CCC(=O)N6)cnc5c4)c3C(F)(F)F)c2Cl)ccc1CNCC1CCC(=O)N1. The molecular formula is C39H37ClF3N7O4. The zero-order valence-corrected chi connectivity index (χ0v) is 30.0. The number of carbonyl (C=O) groups is 2. The molecule has 0 spiro atoms. The number of benzene rings is 2. The summed E-state index contributed by atoms with van der Waals surface area (Å²) in [7, 11) is 1.49. The van der Waals surface area contributed by atoms with Gasteiger partial charge in [0, 0.05) is 85.8 Å². The number of aromatic nitrogens is 3. The Bertz CT molecular complexity index is 2300. The maximum absolute atomic E-state index is 15.1. The lowest BCUT2D eigenvalue weighted by atomic mass is 9.90. The molecule has 0 radical (unpaired) electrons. The summed E-state index contributed by atoms with van der Waals surface area (Å²) in [4.78, 5) is 45.3. The van der Waals surface area contributed by atoms with Gasteiger partial charge in [0.15, 0.2) is 0 Å². The van der Waals surface area contributed by atoms with Crippen molar-refractivity contribution in [2.75, 3.05) is 20.2 Å². The fourth-order valence-corrected chi connectivity index (χ4v) is 7.34. The van der Waals surface area contributed by atoms with E-state index in [4.69, 9.17) is 16.3 Å². The van der Waals surface area contributed by atoms with E-state index in [1.807, 2.05) is 6.07 Å². The summed E-state index contributed by atoms with van der Waals surface area (Å²) in [6.07, 6.45) is 0.512. The summed E-state index contributed by atoms with van der Waals surface area (Å²) >= 11 is 6.92. The highest BCUT2D eigenvalue weighted by atomic mass is 35.5. The third-order valence-corrected chi connectivity index (χ3v) is 10.1. The van der Waals surface area contributed by atoms with Crippen LogP contribution < -0.4 is 31.6 Å². The largest absolute Gasteiger partial charge is 0.481 e. The van der Waals surface area contributed by atoms with E-state index in [9.17, 15) is 14.4 Å². The molecule has 5 heterocycles. The summed E-state index contributed by atoms with van der Waals surface area (Å²) in [5, 5.41) is 12.3. The number of hydrogen-bond acceptors (Lipinski definition) is 8. The van der Waals surface area contributed by atoms with Gasteiger partial charge in [-0.3, -0.25) is 18.8 Å². The molecule has 2 fully saturated rings. The molecular weight excluding hydrogens is 723 g/mol. The first kappa shape index (κ1) is 37.0. The average Bonchev–Trinajstić information content (AvgIpc) is 3.78. The predicted molar refractivity (Wildman–Crippen MR) is 198 cm³/mol.